The van der Waals surface area contributed by atoms with Gasteiger partial charge in [-0.05, 0) is 44.1 Å². The van der Waals surface area contributed by atoms with E-state index in [2.05, 4.69) is 10.6 Å². The highest BCUT2D eigenvalue weighted by molar-refractivity contribution is 7.99. The SMILES string of the molecule is Cl.O=C(Nc1cccc(C(=O)N2CCSCC2)c1)C1CCNCC1. The summed E-state index contributed by atoms with van der Waals surface area (Å²) in [4.78, 5) is 26.7. The van der Waals surface area contributed by atoms with Crippen LogP contribution in [0.1, 0.15) is 23.2 Å². The van der Waals surface area contributed by atoms with Crippen LogP contribution >= 0.6 is 24.2 Å². The molecule has 0 aliphatic carbocycles. The summed E-state index contributed by atoms with van der Waals surface area (Å²) in [6, 6.07) is 7.30. The van der Waals surface area contributed by atoms with E-state index in [1.165, 1.54) is 0 Å². The van der Waals surface area contributed by atoms with Gasteiger partial charge in [-0.15, -0.1) is 12.4 Å². The maximum Gasteiger partial charge on any atom is 0.253 e. The quantitative estimate of drug-likeness (QED) is 0.857. The highest BCUT2D eigenvalue weighted by Crippen LogP contribution is 2.18. The van der Waals surface area contributed by atoms with Crippen molar-refractivity contribution in [3.63, 3.8) is 0 Å². The lowest BCUT2D eigenvalue weighted by Gasteiger charge is -2.26. The molecule has 24 heavy (non-hydrogen) atoms. The van der Waals surface area contributed by atoms with Gasteiger partial charge in [0.25, 0.3) is 5.91 Å². The van der Waals surface area contributed by atoms with Gasteiger partial charge in [0.15, 0.2) is 0 Å². The number of nitrogens with one attached hydrogen (secondary N) is 2. The monoisotopic (exact) mass is 369 g/mol. The zero-order chi connectivity index (χ0) is 16.1. The molecular weight excluding hydrogens is 346 g/mol. The van der Waals surface area contributed by atoms with E-state index >= 15 is 0 Å². The molecule has 7 heteroatoms. The molecule has 2 N–H and O–H groups in total. The third kappa shape index (κ3) is 4.88. The number of rotatable bonds is 3. The minimum atomic E-state index is 0. The van der Waals surface area contributed by atoms with E-state index in [9.17, 15) is 9.59 Å². The third-order valence-corrected chi connectivity index (χ3v) is 5.33. The molecular formula is C17H24ClN3O2S. The van der Waals surface area contributed by atoms with E-state index in [1.807, 2.05) is 34.9 Å². The summed E-state index contributed by atoms with van der Waals surface area (Å²) >= 11 is 1.88. The first kappa shape index (κ1) is 19.1. The number of thioether (sulfide) groups is 1. The van der Waals surface area contributed by atoms with Gasteiger partial charge >= 0.3 is 0 Å². The third-order valence-electron chi connectivity index (χ3n) is 4.39. The van der Waals surface area contributed by atoms with Crippen LogP contribution in [0, 0.1) is 5.92 Å². The number of benzene rings is 1. The van der Waals surface area contributed by atoms with Gasteiger partial charge in [-0.3, -0.25) is 9.59 Å². The van der Waals surface area contributed by atoms with E-state index in [0.29, 0.717) is 11.3 Å². The minimum absolute atomic E-state index is 0. The number of hydrogen-bond donors (Lipinski definition) is 2. The number of anilines is 1. The van der Waals surface area contributed by atoms with Crippen LogP contribution in [0.15, 0.2) is 24.3 Å². The number of hydrogen-bond acceptors (Lipinski definition) is 4. The van der Waals surface area contributed by atoms with Gasteiger partial charge in [-0.1, -0.05) is 6.07 Å². The molecule has 1 aromatic rings. The number of carbonyl (C=O) groups excluding carboxylic acids is 2. The first-order chi connectivity index (χ1) is 11.2. The maximum absolute atomic E-state index is 12.5. The first-order valence-corrected chi connectivity index (χ1v) is 9.38. The normalized spacial score (nSPS) is 18.6. The fraction of sp³-hybridized carbons (Fsp3) is 0.529. The summed E-state index contributed by atoms with van der Waals surface area (Å²) < 4.78 is 0. The molecule has 0 spiro atoms. The van der Waals surface area contributed by atoms with Crippen LogP contribution < -0.4 is 10.6 Å². The summed E-state index contributed by atoms with van der Waals surface area (Å²) in [5.41, 5.74) is 1.37. The Labute approximate surface area is 153 Å². The predicted molar refractivity (Wildman–Crippen MR) is 101 cm³/mol. The Hall–Kier alpha value is -1.24. The molecule has 3 rings (SSSR count). The van der Waals surface area contributed by atoms with Gasteiger partial charge in [-0.2, -0.15) is 11.8 Å². The number of amides is 2. The maximum atomic E-state index is 12.5. The molecule has 0 atom stereocenters. The molecule has 0 unspecified atom stereocenters. The minimum Gasteiger partial charge on any atom is -0.337 e. The summed E-state index contributed by atoms with van der Waals surface area (Å²) in [7, 11) is 0. The van der Waals surface area contributed by atoms with Crippen molar-refractivity contribution in [2.75, 3.05) is 43.0 Å². The van der Waals surface area contributed by atoms with Crippen LogP contribution in [-0.2, 0) is 4.79 Å². The molecule has 132 valence electrons. The van der Waals surface area contributed by atoms with Crippen LogP contribution in [0.2, 0.25) is 0 Å². The summed E-state index contributed by atoms with van der Waals surface area (Å²) in [6.45, 7) is 3.39. The fourth-order valence-electron chi connectivity index (χ4n) is 3.01. The number of nitrogens with zero attached hydrogens (tertiary/aromatic N) is 1. The van der Waals surface area contributed by atoms with E-state index in [4.69, 9.17) is 0 Å². The highest BCUT2D eigenvalue weighted by Gasteiger charge is 2.22. The molecule has 2 aliphatic heterocycles. The molecule has 2 saturated heterocycles. The van der Waals surface area contributed by atoms with E-state index < -0.39 is 0 Å². The lowest BCUT2D eigenvalue weighted by Crippen LogP contribution is -2.38. The Morgan fingerprint density at radius 2 is 1.88 bits per heavy atom. The van der Waals surface area contributed by atoms with Crippen LogP contribution in [0.5, 0.6) is 0 Å². The van der Waals surface area contributed by atoms with Crippen molar-refractivity contribution in [1.82, 2.24) is 10.2 Å². The van der Waals surface area contributed by atoms with Gasteiger partial charge in [0, 0.05) is 41.8 Å². The molecule has 2 amide bonds. The zero-order valence-electron chi connectivity index (χ0n) is 13.6. The molecule has 0 bridgehead atoms. The Morgan fingerprint density at radius 3 is 2.58 bits per heavy atom. The van der Waals surface area contributed by atoms with Crippen molar-refractivity contribution in [3.05, 3.63) is 29.8 Å². The molecule has 0 saturated carbocycles. The summed E-state index contributed by atoms with van der Waals surface area (Å²) in [5, 5.41) is 6.23. The average Bonchev–Trinajstić information content (AvgIpc) is 2.63. The smallest absolute Gasteiger partial charge is 0.253 e. The molecule has 2 heterocycles. The predicted octanol–water partition coefficient (Wildman–Crippen LogP) is 2.24. The van der Waals surface area contributed by atoms with Crippen molar-refractivity contribution in [2.24, 2.45) is 5.92 Å². The standard InChI is InChI=1S/C17H23N3O2S.ClH/c21-16(13-4-6-18-7-5-13)19-15-3-1-2-14(12-15)17(22)20-8-10-23-11-9-20;/h1-3,12-13,18H,4-11H2,(H,19,21);1H. The number of carbonyl (C=O) groups is 2. The number of piperidine rings is 1. The van der Waals surface area contributed by atoms with Crippen molar-refractivity contribution >= 4 is 41.7 Å². The summed E-state index contributed by atoms with van der Waals surface area (Å²) in [5.74, 6) is 2.18. The summed E-state index contributed by atoms with van der Waals surface area (Å²) in [6.07, 6.45) is 1.74. The van der Waals surface area contributed by atoms with Crippen LogP contribution in [0.25, 0.3) is 0 Å². The number of halogens is 1. The van der Waals surface area contributed by atoms with Crippen LogP contribution in [-0.4, -0.2) is 54.4 Å². The van der Waals surface area contributed by atoms with Crippen molar-refractivity contribution in [1.29, 1.82) is 0 Å². The van der Waals surface area contributed by atoms with Crippen LogP contribution in [0.4, 0.5) is 5.69 Å². The van der Waals surface area contributed by atoms with Crippen molar-refractivity contribution in [3.8, 4) is 0 Å². The van der Waals surface area contributed by atoms with Gasteiger partial charge < -0.3 is 15.5 Å². The van der Waals surface area contributed by atoms with Gasteiger partial charge in [-0.25, -0.2) is 0 Å². The highest BCUT2D eigenvalue weighted by atomic mass is 35.5. The largest absolute Gasteiger partial charge is 0.337 e. The molecule has 2 fully saturated rings. The second-order valence-corrected chi connectivity index (χ2v) is 7.22. The Morgan fingerprint density at radius 1 is 1.17 bits per heavy atom. The molecule has 0 aromatic heterocycles. The zero-order valence-corrected chi connectivity index (χ0v) is 15.3. The van der Waals surface area contributed by atoms with Crippen molar-refractivity contribution < 1.29 is 9.59 Å². The van der Waals surface area contributed by atoms with Crippen molar-refractivity contribution in [2.45, 2.75) is 12.8 Å². The Balaban J connectivity index is 0.00000208. The lowest BCUT2D eigenvalue weighted by atomic mass is 9.97. The second-order valence-electron chi connectivity index (χ2n) is 6.00. The Bertz CT molecular complexity index is 573. The molecule has 2 aliphatic rings. The molecule has 5 nitrogen and oxygen atoms in total. The van der Waals surface area contributed by atoms with Gasteiger partial charge in [0.05, 0.1) is 0 Å². The second kappa shape index (κ2) is 9.30. The molecule has 1 aromatic carbocycles. The Kier molecular flexibility index (Phi) is 7.40. The topological polar surface area (TPSA) is 61.4 Å². The van der Waals surface area contributed by atoms with Crippen LogP contribution in [0.3, 0.4) is 0 Å². The van der Waals surface area contributed by atoms with E-state index in [1.54, 1.807) is 6.07 Å². The van der Waals surface area contributed by atoms with Gasteiger partial charge in [0.2, 0.25) is 5.91 Å². The molecule has 0 radical (unpaired) electrons. The van der Waals surface area contributed by atoms with Gasteiger partial charge in [0.1, 0.15) is 0 Å². The lowest BCUT2D eigenvalue weighted by molar-refractivity contribution is -0.120. The van der Waals surface area contributed by atoms with E-state index in [0.717, 1.165) is 50.5 Å². The first-order valence-electron chi connectivity index (χ1n) is 8.23. The van der Waals surface area contributed by atoms with E-state index in [-0.39, 0.29) is 30.1 Å². The fourth-order valence-corrected chi connectivity index (χ4v) is 3.91. The average molecular weight is 370 g/mol.